The summed E-state index contributed by atoms with van der Waals surface area (Å²) < 4.78 is 2.78. The van der Waals surface area contributed by atoms with Crippen molar-refractivity contribution >= 4 is 28.2 Å². The third-order valence-electron chi connectivity index (χ3n) is 4.20. The van der Waals surface area contributed by atoms with Crippen LogP contribution in [-0.4, -0.2) is 27.4 Å². The molecule has 0 aliphatic rings. The van der Waals surface area contributed by atoms with E-state index < -0.39 is 5.69 Å². The van der Waals surface area contributed by atoms with E-state index in [0.29, 0.717) is 34.7 Å². The van der Waals surface area contributed by atoms with E-state index in [1.165, 1.54) is 0 Å². The first-order valence-electron chi connectivity index (χ1n) is 8.82. The average molecular weight is 388 g/mol. The van der Waals surface area contributed by atoms with Crippen LogP contribution in [-0.2, 0) is 6.54 Å². The molecule has 142 valence electrons. The van der Waals surface area contributed by atoms with E-state index in [-0.39, 0.29) is 18.1 Å². The molecule has 0 atom stereocenters. The molecule has 3 rings (SSSR count). The van der Waals surface area contributed by atoms with Gasteiger partial charge in [0.05, 0.1) is 23.2 Å². The van der Waals surface area contributed by atoms with Crippen molar-refractivity contribution in [3.8, 4) is 5.69 Å². The van der Waals surface area contributed by atoms with Gasteiger partial charge >= 0.3 is 5.69 Å². The Morgan fingerprint density at radius 2 is 1.93 bits per heavy atom. The summed E-state index contributed by atoms with van der Waals surface area (Å²) in [5, 5.41) is 13.0. The Kier molecular flexibility index (Phi) is 5.68. The predicted molar refractivity (Wildman–Crippen MR) is 109 cm³/mol. The molecule has 1 heterocycles. The average Bonchev–Trinajstić information content (AvgIpc) is 2.63. The SMILES string of the molecule is CC(C)Cn1c(=O)n(-c2cccc(Cl)c2)c(=O)c2ccc(NCCO)cc21. The number of nitrogens with one attached hydrogen (secondary N) is 1. The molecule has 3 aromatic rings. The molecule has 2 aromatic carbocycles. The van der Waals surface area contributed by atoms with Crippen LogP contribution >= 0.6 is 11.6 Å². The summed E-state index contributed by atoms with van der Waals surface area (Å²) in [6, 6.07) is 12.0. The topological polar surface area (TPSA) is 76.3 Å². The standard InChI is InChI=1S/C20H22ClN3O3/c1-13(2)12-23-18-11-15(22-8-9-25)6-7-17(18)19(26)24(20(23)27)16-5-3-4-14(21)10-16/h3-7,10-11,13,22,25H,8-9,12H2,1-2H3. The van der Waals surface area contributed by atoms with Gasteiger partial charge in [0.25, 0.3) is 5.56 Å². The van der Waals surface area contributed by atoms with Crippen LogP contribution in [0.5, 0.6) is 0 Å². The van der Waals surface area contributed by atoms with E-state index >= 15 is 0 Å². The largest absolute Gasteiger partial charge is 0.395 e. The molecule has 7 heteroatoms. The van der Waals surface area contributed by atoms with E-state index in [2.05, 4.69) is 5.32 Å². The Balaban J connectivity index is 2.33. The fraction of sp³-hybridized carbons (Fsp3) is 0.300. The zero-order valence-corrected chi connectivity index (χ0v) is 16.0. The maximum absolute atomic E-state index is 13.2. The zero-order chi connectivity index (χ0) is 19.6. The van der Waals surface area contributed by atoms with Crippen LogP contribution in [0.15, 0.2) is 52.1 Å². The quantitative estimate of drug-likeness (QED) is 0.682. The van der Waals surface area contributed by atoms with Gasteiger partial charge < -0.3 is 10.4 Å². The molecule has 0 amide bonds. The second kappa shape index (κ2) is 7.98. The van der Waals surface area contributed by atoms with Crippen molar-refractivity contribution in [2.24, 2.45) is 5.92 Å². The monoisotopic (exact) mass is 387 g/mol. The fourth-order valence-electron chi connectivity index (χ4n) is 3.06. The maximum Gasteiger partial charge on any atom is 0.336 e. The molecule has 2 N–H and O–H groups in total. The molecule has 0 bridgehead atoms. The number of hydrogen-bond acceptors (Lipinski definition) is 4. The predicted octanol–water partition coefficient (Wildman–Crippen LogP) is 2.87. The van der Waals surface area contributed by atoms with Gasteiger partial charge in [0.15, 0.2) is 0 Å². The summed E-state index contributed by atoms with van der Waals surface area (Å²) in [7, 11) is 0. The molecule has 1 aromatic heterocycles. The number of benzene rings is 2. The second-order valence-electron chi connectivity index (χ2n) is 6.79. The van der Waals surface area contributed by atoms with E-state index in [1.54, 1.807) is 47.0 Å². The molecule has 0 fully saturated rings. The van der Waals surface area contributed by atoms with Crippen LogP contribution < -0.4 is 16.6 Å². The Bertz CT molecular complexity index is 1090. The van der Waals surface area contributed by atoms with E-state index in [9.17, 15) is 9.59 Å². The molecule has 27 heavy (non-hydrogen) atoms. The molecule has 0 aliphatic carbocycles. The Labute approximate surface area is 161 Å². The van der Waals surface area contributed by atoms with Gasteiger partial charge in [0.2, 0.25) is 0 Å². The summed E-state index contributed by atoms with van der Waals surface area (Å²) in [6.07, 6.45) is 0. The summed E-state index contributed by atoms with van der Waals surface area (Å²) in [5.41, 5.74) is 0.974. The van der Waals surface area contributed by atoms with Crippen molar-refractivity contribution in [1.82, 2.24) is 9.13 Å². The van der Waals surface area contributed by atoms with Gasteiger partial charge in [-0.1, -0.05) is 31.5 Å². The number of rotatable bonds is 6. The first-order valence-corrected chi connectivity index (χ1v) is 9.20. The minimum Gasteiger partial charge on any atom is -0.395 e. The second-order valence-corrected chi connectivity index (χ2v) is 7.23. The van der Waals surface area contributed by atoms with Crippen LogP contribution in [0.3, 0.4) is 0 Å². The highest BCUT2D eigenvalue weighted by Gasteiger charge is 2.16. The minimum absolute atomic E-state index is 0.00675. The van der Waals surface area contributed by atoms with Crippen LogP contribution in [0.1, 0.15) is 13.8 Å². The Hall–Kier alpha value is -2.57. The zero-order valence-electron chi connectivity index (χ0n) is 15.3. The molecule has 0 radical (unpaired) electrons. The third kappa shape index (κ3) is 3.91. The van der Waals surface area contributed by atoms with Gasteiger partial charge in [-0.05, 0) is 42.3 Å². The van der Waals surface area contributed by atoms with Crippen LogP contribution in [0, 0.1) is 5.92 Å². The van der Waals surface area contributed by atoms with Gasteiger partial charge in [0.1, 0.15) is 0 Å². The van der Waals surface area contributed by atoms with E-state index in [4.69, 9.17) is 16.7 Å². The lowest BCUT2D eigenvalue weighted by molar-refractivity contribution is 0.311. The van der Waals surface area contributed by atoms with Crippen LogP contribution in [0.2, 0.25) is 5.02 Å². The summed E-state index contributed by atoms with van der Waals surface area (Å²) >= 11 is 6.06. The number of aromatic nitrogens is 2. The number of halogens is 1. The van der Waals surface area contributed by atoms with Crippen molar-refractivity contribution < 1.29 is 5.11 Å². The molecule has 0 saturated heterocycles. The van der Waals surface area contributed by atoms with Crippen molar-refractivity contribution in [2.45, 2.75) is 20.4 Å². The number of anilines is 1. The van der Waals surface area contributed by atoms with Crippen molar-refractivity contribution in [1.29, 1.82) is 0 Å². The molecular weight excluding hydrogens is 366 g/mol. The fourth-order valence-corrected chi connectivity index (χ4v) is 3.25. The normalized spacial score (nSPS) is 11.3. The minimum atomic E-state index is -0.400. The Morgan fingerprint density at radius 1 is 1.15 bits per heavy atom. The maximum atomic E-state index is 13.2. The lowest BCUT2D eigenvalue weighted by atomic mass is 10.1. The first kappa shape index (κ1) is 19.2. The van der Waals surface area contributed by atoms with Crippen LogP contribution in [0.25, 0.3) is 16.6 Å². The number of nitrogens with zero attached hydrogens (tertiary/aromatic N) is 2. The van der Waals surface area contributed by atoms with Gasteiger partial charge in [0, 0.05) is 23.8 Å². The highest BCUT2D eigenvalue weighted by atomic mass is 35.5. The van der Waals surface area contributed by atoms with E-state index in [1.807, 2.05) is 13.8 Å². The van der Waals surface area contributed by atoms with E-state index in [0.717, 1.165) is 10.3 Å². The lowest BCUT2D eigenvalue weighted by Crippen LogP contribution is -2.39. The summed E-state index contributed by atoms with van der Waals surface area (Å²) in [4.78, 5) is 26.3. The number of fused-ring (bicyclic) bond motifs is 1. The van der Waals surface area contributed by atoms with Crippen molar-refractivity contribution in [2.75, 3.05) is 18.5 Å². The molecule has 0 spiro atoms. The highest BCUT2D eigenvalue weighted by molar-refractivity contribution is 6.30. The number of aliphatic hydroxyl groups excluding tert-OH is 1. The van der Waals surface area contributed by atoms with Gasteiger partial charge in [-0.15, -0.1) is 0 Å². The molecule has 0 aliphatic heterocycles. The van der Waals surface area contributed by atoms with Gasteiger partial charge in [-0.2, -0.15) is 0 Å². The lowest BCUT2D eigenvalue weighted by Gasteiger charge is -2.17. The first-order chi connectivity index (χ1) is 12.9. The number of aliphatic hydroxyl groups is 1. The smallest absolute Gasteiger partial charge is 0.336 e. The van der Waals surface area contributed by atoms with Crippen molar-refractivity contribution in [3.63, 3.8) is 0 Å². The Morgan fingerprint density at radius 3 is 2.59 bits per heavy atom. The number of hydrogen-bond donors (Lipinski definition) is 2. The van der Waals surface area contributed by atoms with Crippen LogP contribution in [0.4, 0.5) is 5.69 Å². The molecule has 0 unspecified atom stereocenters. The summed E-state index contributed by atoms with van der Waals surface area (Å²) in [5.74, 6) is 0.213. The highest BCUT2D eigenvalue weighted by Crippen LogP contribution is 2.18. The third-order valence-corrected chi connectivity index (χ3v) is 4.43. The molecule has 0 saturated carbocycles. The molecule has 6 nitrogen and oxygen atoms in total. The van der Waals surface area contributed by atoms with Gasteiger partial charge in [-0.3, -0.25) is 9.36 Å². The van der Waals surface area contributed by atoms with Gasteiger partial charge in [-0.25, -0.2) is 9.36 Å². The molecular formula is C20H22ClN3O3. The summed E-state index contributed by atoms with van der Waals surface area (Å²) in [6.45, 7) is 4.88. The van der Waals surface area contributed by atoms with Crippen molar-refractivity contribution in [3.05, 3.63) is 68.3 Å².